The van der Waals surface area contributed by atoms with Crippen molar-refractivity contribution in [1.82, 2.24) is 5.32 Å². The van der Waals surface area contributed by atoms with Crippen molar-refractivity contribution in [2.75, 3.05) is 6.61 Å². The van der Waals surface area contributed by atoms with Gasteiger partial charge in [0.2, 0.25) is 5.91 Å². The van der Waals surface area contributed by atoms with Gasteiger partial charge < -0.3 is 20.6 Å². The molecule has 0 spiro atoms. The van der Waals surface area contributed by atoms with Gasteiger partial charge in [0.25, 0.3) is 0 Å². The molecule has 3 unspecified atom stereocenters. The van der Waals surface area contributed by atoms with Crippen LogP contribution >= 0.6 is 0 Å². The molecule has 0 aromatic carbocycles. The highest BCUT2D eigenvalue weighted by Crippen LogP contribution is 2.15. The van der Waals surface area contributed by atoms with Crippen molar-refractivity contribution in [2.24, 2.45) is 0 Å². The molecule has 41 heavy (non-hydrogen) atoms. The van der Waals surface area contributed by atoms with Gasteiger partial charge in [0.05, 0.1) is 18.8 Å². The van der Waals surface area contributed by atoms with Crippen LogP contribution < -0.4 is 5.32 Å². The largest absolute Gasteiger partial charge is 0.394 e. The predicted octanol–water partition coefficient (Wildman–Crippen LogP) is 9.31. The zero-order valence-electron chi connectivity index (χ0n) is 27.4. The van der Waals surface area contributed by atoms with Gasteiger partial charge in [0.1, 0.15) is 6.10 Å². The summed E-state index contributed by atoms with van der Waals surface area (Å²) in [6.45, 7) is 4.18. The van der Waals surface area contributed by atoms with Crippen LogP contribution in [0.15, 0.2) is 12.2 Å². The molecule has 0 saturated heterocycles. The second-order valence-electron chi connectivity index (χ2n) is 12.4. The third-order valence-corrected chi connectivity index (χ3v) is 8.38. The summed E-state index contributed by atoms with van der Waals surface area (Å²) in [6.07, 6.45) is 34.8. The molecule has 0 aliphatic carbocycles. The number of rotatable bonds is 32. The van der Waals surface area contributed by atoms with Crippen LogP contribution in [-0.2, 0) is 4.79 Å². The van der Waals surface area contributed by atoms with E-state index in [-0.39, 0.29) is 6.61 Å². The Morgan fingerprint density at radius 2 is 0.927 bits per heavy atom. The number of carbonyl (C=O) groups is 1. The monoisotopic (exact) mass is 582 g/mol. The average Bonchev–Trinajstić information content (AvgIpc) is 2.98. The Bertz CT molecular complexity index is 568. The van der Waals surface area contributed by atoms with E-state index in [2.05, 4.69) is 31.3 Å². The number of amides is 1. The maximum atomic E-state index is 12.4. The zero-order valence-corrected chi connectivity index (χ0v) is 27.4. The lowest BCUT2D eigenvalue weighted by atomic mass is 10.0. The number of allylic oxidation sites excluding steroid dienone is 2. The number of nitrogens with one attached hydrogen (secondary N) is 1. The van der Waals surface area contributed by atoms with Crippen molar-refractivity contribution >= 4 is 5.91 Å². The minimum atomic E-state index is -1.08. The second kappa shape index (κ2) is 32.0. The molecule has 5 nitrogen and oxygen atoms in total. The van der Waals surface area contributed by atoms with Gasteiger partial charge in [0, 0.05) is 0 Å². The SMILES string of the molecule is CCCCC/C=C\CCCCCCC(O)C(=O)NC(CO)C(O)CCCCCCCCCCCCCCCCCC. The Morgan fingerprint density at radius 3 is 1.39 bits per heavy atom. The molecule has 0 saturated carbocycles. The molecule has 0 rings (SSSR count). The van der Waals surface area contributed by atoms with E-state index < -0.39 is 24.2 Å². The van der Waals surface area contributed by atoms with Gasteiger partial charge in [-0.2, -0.15) is 0 Å². The van der Waals surface area contributed by atoms with Crippen LogP contribution in [0.5, 0.6) is 0 Å². The van der Waals surface area contributed by atoms with Crippen LogP contribution in [0.25, 0.3) is 0 Å². The molecule has 0 radical (unpaired) electrons. The summed E-state index contributed by atoms with van der Waals surface area (Å²) in [5, 5.41) is 33.0. The highest BCUT2D eigenvalue weighted by Gasteiger charge is 2.23. The summed E-state index contributed by atoms with van der Waals surface area (Å²) >= 11 is 0. The molecule has 0 aromatic heterocycles. The Labute approximate surface area is 255 Å². The zero-order chi connectivity index (χ0) is 30.2. The molecule has 0 aliphatic rings. The molecule has 1 amide bonds. The smallest absolute Gasteiger partial charge is 0.249 e. The number of unbranched alkanes of at least 4 members (excludes halogenated alkanes) is 22. The summed E-state index contributed by atoms with van der Waals surface area (Å²) in [5.41, 5.74) is 0. The molecule has 0 fully saturated rings. The first-order valence-electron chi connectivity index (χ1n) is 18.0. The summed E-state index contributed by atoms with van der Waals surface area (Å²) in [4.78, 5) is 12.4. The molecule has 0 heterocycles. The second-order valence-corrected chi connectivity index (χ2v) is 12.4. The van der Waals surface area contributed by atoms with Crippen molar-refractivity contribution in [3.8, 4) is 0 Å². The fourth-order valence-corrected chi connectivity index (χ4v) is 5.48. The number of hydrogen-bond donors (Lipinski definition) is 4. The first-order valence-corrected chi connectivity index (χ1v) is 18.0. The van der Waals surface area contributed by atoms with Gasteiger partial charge in [0.15, 0.2) is 0 Å². The van der Waals surface area contributed by atoms with E-state index in [1.165, 1.54) is 116 Å². The van der Waals surface area contributed by atoms with E-state index in [4.69, 9.17) is 0 Å². The van der Waals surface area contributed by atoms with Gasteiger partial charge in [-0.15, -0.1) is 0 Å². The lowest BCUT2D eigenvalue weighted by Crippen LogP contribution is -2.49. The molecule has 3 atom stereocenters. The van der Waals surface area contributed by atoms with Crippen LogP contribution in [0.4, 0.5) is 0 Å². The van der Waals surface area contributed by atoms with Crippen molar-refractivity contribution in [3.05, 3.63) is 12.2 Å². The van der Waals surface area contributed by atoms with Crippen LogP contribution in [0.1, 0.15) is 187 Å². The quantitative estimate of drug-likeness (QED) is 0.0471. The lowest BCUT2D eigenvalue weighted by molar-refractivity contribution is -0.131. The van der Waals surface area contributed by atoms with Crippen molar-refractivity contribution < 1.29 is 20.1 Å². The Morgan fingerprint density at radius 1 is 0.561 bits per heavy atom. The maximum Gasteiger partial charge on any atom is 0.249 e. The predicted molar refractivity (Wildman–Crippen MR) is 176 cm³/mol. The number of hydrogen-bond acceptors (Lipinski definition) is 4. The van der Waals surface area contributed by atoms with Gasteiger partial charge in [-0.1, -0.05) is 161 Å². The summed E-state index contributed by atoms with van der Waals surface area (Å²) in [7, 11) is 0. The van der Waals surface area contributed by atoms with Crippen LogP contribution in [0.3, 0.4) is 0 Å². The summed E-state index contributed by atoms with van der Waals surface area (Å²) < 4.78 is 0. The first kappa shape index (κ1) is 40.1. The van der Waals surface area contributed by atoms with Gasteiger partial charge >= 0.3 is 0 Å². The molecular formula is C36H71NO4. The molecule has 0 bridgehead atoms. The molecular weight excluding hydrogens is 510 g/mol. The fourth-order valence-electron chi connectivity index (χ4n) is 5.48. The van der Waals surface area contributed by atoms with Crippen LogP contribution in [0, 0.1) is 0 Å². The van der Waals surface area contributed by atoms with Crippen molar-refractivity contribution in [3.63, 3.8) is 0 Å². The van der Waals surface area contributed by atoms with Gasteiger partial charge in [-0.25, -0.2) is 0 Å². The fraction of sp³-hybridized carbons (Fsp3) is 0.917. The van der Waals surface area contributed by atoms with Crippen LogP contribution in [-0.4, -0.2) is 46.1 Å². The number of aliphatic hydroxyl groups is 3. The maximum absolute atomic E-state index is 12.4. The molecule has 4 N–H and O–H groups in total. The third-order valence-electron chi connectivity index (χ3n) is 8.38. The van der Waals surface area contributed by atoms with Crippen LogP contribution in [0.2, 0.25) is 0 Å². The molecule has 0 aromatic rings. The van der Waals surface area contributed by atoms with E-state index in [1.807, 2.05) is 0 Å². The van der Waals surface area contributed by atoms with Crippen molar-refractivity contribution in [1.29, 1.82) is 0 Å². The number of aliphatic hydroxyl groups excluding tert-OH is 3. The van der Waals surface area contributed by atoms with Gasteiger partial charge in [-0.3, -0.25) is 4.79 Å². The minimum Gasteiger partial charge on any atom is -0.394 e. The van der Waals surface area contributed by atoms with E-state index >= 15 is 0 Å². The molecule has 0 aliphatic heterocycles. The highest BCUT2D eigenvalue weighted by molar-refractivity contribution is 5.80. The third kappa shape index (κ3) is 27.7. The Balaban J connectivity index is 3.68. The van der Waals surface area contributed by atoms with E-state index in [0.29, 0.717) is 12.8 Å². The average molecular weight is 582 g/mol. The summed E-state index contributed by atoms with van der Waals surface area (Å²) in [6, 6.07) is -0.711. The topological polar surface area (TPSA) is 89.8 Å². The normalized spacial score (nSPS) is 14.0. The standard InChI is InChI=1S/C36H71NO4/c1-3-5-7-9-11-13-15-16-17-18-19-21-22-24-26-28-30-34(39)33(32-38)37-36(41)35(40)31-29-27-25-23-20-14-12-10-8-6-4-2/h12,14,33-35,38-40H,3-11,13,15-32H2,1-2H3,(H,37,41)/b14-12-. The molecule has 244 valence electrons. The Hall–Kier alpha value is -0.910. The molecule has 5 heteroatoms. The minimum absolute atomic E-state index is 0.315. The number of carbonyl (C=O) groups excluding carboxylic acids is 1. The first-order chi connectivity index (χ1) is 20.1. The lowest BCUT2D eigenvalue weighted by Gasteiger charge is -2.23. The van der Waals surface area contributed by atoms with E-state index in [0.717, 1.165) is 44.9 Å². The van der Waals surface area contributed by atoms with Crippen molar-refractivity contribution in [2.45, 2.75) is 205 Å². The van der Waals surface area contributed by atoms with Gasteiger partial charge in [-0.05, 0) is 38.5 Å². The van der Waals surface area contributed by atoms with E-state index in [9.17, 15) is 20.1 Å². The highest BCUT2D eigenvalue weighted by atomic mass is 16.3. The van der Waals surface area contributed by atoms with E-state index in [1.54, 1.807) is 0 Å². The Kier molecular flexibility index (Phi) is 31.3. The summed E-state index contributed by atoms with van der Waals surface area (Å²) in [5.74, 6) is -0.481.